The van der Waals surface area contributed by atoms with Crippen molar-refractivity contribution >= 4 is 12.4 Å². The molecule has 0 radical (unpaired) electrons. The smallest absolute Gasteiger partial charge is 0.0344 e. The molecule has 0 amide bonds. The van der Waals surface area contributed by atoms with Gasteiger partial charge < -0.3 is 4.90 Å². The van der Waals surface area contributed by atoms with Gasteiger partial charge in [-0.1, -0.05) is 30.7 Å². The Labute approximate surface area is 98.9 Å². The third-order valence-electron chi connectivity index (χ3n) is 3.21. The molecule has 2 heteroatoms. The Hall–Kier alpha value is -0.530. The molecule has 0 aromatic heterocycles. The van der Waals surface area contributed by atoms with E-state index in [-0.39, 0.29) is 12.4 Å². The van der Waals surface area contributed by atoms with Gasteiger partial charge in [0.25, 0.3) is 0 Å². The normalized spacial score (nSPS) is 20.3. The van der Waals surface area contributed by atoms with Crippen LogP contribution in [0, 0.1) is 0 Å². The summed E-state index contributed by atoms with van der Waals surface area (Å²) in [6.07, 6.45) is 5.28. The molecule has 0 saturated carbocycles. The molecule has 1 aromatic rings. The highest BCUT2D eigenvalue weighted by Gasteiger charge is 2.19. The Morgan fingerprint density at radius 1 is 1.13 bits per heavy atom. The van der Waals surface area contributed by atoms with Gasteiger partial charge in [-0.2, -0.15) is 0 Å². The predicted octanol–water partition coefficient (Wildman–Crippen LogP) is 3.44. The lowest BCUT2D eigenvalue weighted by atomic mass is 9.98. The summed E-state index contributed by atoms with van der Waals surface area (Å²) in [6.45, 7) is 0. The zero-order valence-corrected chi connectivity index (χ0v) is 10.4. The lowest BCUT2D eigenvalue weighted by Crippen LogP contribution is -2.19. The van der Waals surface area contributed by atoms with Gasteiger partial charge in [0.05, 0.1) is 0 Å². The zero-order valence-electron chi connectivity index (χ0n) is 9.57. The molecule has 0 spiro atoms. The van der Waals surface area contributed by atoms with Crippen molar-refractivity contribution in [3.8, 4) is 0 Å². The maximum Gasteiger partial charge on any atom is 0.0344 e. The first-order valence-electron chi connectivity index (χ1n) is 5.53. The number of halogens is 1. The molecule has 15 heavy (non-hydrogen) atoms. The molecule has 0 bridgehead atoms. The van der Waals surface area contributed by atoms with Crippen LogP contribution in [-0.2, 0) is 6.42 Å². The minimum absolute atomic E-state index is 0. The van der Waals surface area contributed by atoms with Crippen LogP contribution in [0.4, 0.5) is 0 Å². The largest absolute Gasteiger partial charge is 0.302 e. The van der Waals surface area contributed by atoms with Crippen LogP contribution in [0.2, 0.25) is 0 Å². The van der Waals surface area contributed by atoms with Crippen molar-refractivity contribution in [2.45, 2.75) is 31.7 Å². The maximum absolute atomic E-state index is 2.35. The average Bonchev–Trinajstić information content (AvgIpc) is 2.39. The molecule has 1 unspecified atom stereocenters. The predicted molar refractivity (Wildman–Crippen MR) is 67.7 cm³/mol. The van der Waals surface area contributed by atoms with Crippen LogP contribution in [0.25, 0.3) is 0 Å². The third-order valence-corrected chi connectivity index (χ3v) is 3.21. The van der Waals surface area contributed by atoms with Gasteiger partial charge in [0.1, 0.15) is 0 Å². The van der Waals surface area contributed by atoms with Gasteiger partial charge in [0.2, 0.25) is 0 Å². The second-order valence-electron chi connectivity index (χ2n) is 4.42. The fourth-order valence-electron chi connectivity index (χ4n) is 2.43. The first-order valence-corrected chi connectivity index (χ1v) is 5.53. The summed E-state index contributed by atoms with van der Waals surface area (Å²) in [6, 6.07) is 9.55. The van der Waals surface area contributed by atoms with Crippen LogP contribution in [0.3, 0.4) is 0 Å². The second kappa shape index (κ2) is 5.53. The van der Waals surface area contributed by atoms with E-state index in [1.807, 2.05) is 0 Å². The van der Waals surface area contributed by atoms with Crippen molar-refractivity contribution in [2.75, 3.05) is 14.1 Å². The Bertz CT molecular complexity index is 309. The van der Waals surface area contributed by atoms with Gasteiger partial charge in [-0.15, -0.1) is 12.4 Å². The van der Waals surface area contributed by atoms with E-state index in [1.165, 1.54) is 25.7 Å². The van der Waals surface area contributed by atoms with Gasteiger partial charge in [-0.3, -0.25) is 0 Å². The number of benzene rings is 1. The Morgan fingerprint density at radius 3 is 2.60 bits per heavy atom. The second-order valence-corrected chi connectivity index (χ2v) is 4.42. The molecule has 0 heterocycles. The van der Waals surface area contributed by atoms with Gasteiger partial charge in [-0.05, 0) is 44.5 Å². The van der Waals surface area contributed by atoms with E-state index < -0.39 is 0 Å². The van der Waals surface area contributed by atoms with Gasteiger partial charge in [0.15, 0.2) is 0 Å². The summed E-state index contributed by atoms with van der Waals surface area (Å²) in [5.41, 5.74) is 3.11. The van der Waals surface area contributed by atoms with Crippen LogP contribution < -0.4 is 0 Å². The van der Waals surface area contributed by atoms with E-state index in [4.69, 9.17) is 0 Å². The molecule has 1 aliphatic rings. The molecule has 1 aliphatic carbocycles. The quantitative estimate of drug-likeness (QED) is 0.662. The number of rotatable bonds is 1. The van der Waals surface area contributed by atoms with Crippen LogP contribution in [0.1, 0.15) is 36.4 Å². The van der Waals surface area contributed by atoms with Gasteiger partial charge in [0, 0.05) is 6.04 Å². The molecule has 1 nitrogen and oxygen atoms in total. The average molecular weight is 226 g/mol. The highest BCUT2D eigenvalue weighted by molar-refractivity contribution is 5.85. The molecular formula is C13H20ClN. The molecular weight excluding hydrogens is 206 g/mol. The van der Waals surface area contributed by atoms with Crippen molar-refractivity contribution in [1.82, 2.24) is 4.90 Å². The summed E-state index contributed by atoms with van der Waals surface area (Å²) >= 11 is 0. The standard InChI is InChI=1S/C13H19N.ClH/c1-14(2)13-10-6-4-8-11-7-3-5-9-12(11)13;/h3,5,7,9,13H,4,6,8,10H2,1-2H3;1H. The number of fused-ring (bicyclic) bond motifs is 1. The first-order chi connectivity index (χ1) is 6.79. The van der Waals surface area contributed by atoms with E-state index in [0.717, 1.165) is 0 Å². The van der Waals surface area contributed by atoms with Crippen LogP contribution in [0.5, 0.6) is 0 Å². The van der Waals surface area contributed by atoms with Crippen LogP contribution >= 0.6 is 12.4 Å². The number of hydrogen-bond donors (Lipinski definition) is 0. The minimum Gasteiger partial charge on any atom is -0.302 e. The lowest BCUT2D eigenvalue weighted by Gasteiger charge is -2.24. The van der Waals surface area contributed by atoms with Gasteiger partial charge in [-0.25, -0.2) is 0 Å². The van der Waals surface area contributed by atoms with Crippen LogP contribution in [-0.4, -0.2) is 19.0 Å². The Balaban J connectivity index is 0.00000112. The maximum atomic E-state index is 2.35. The Kier molecular flexibility index (Phi) is 4.62. The van der Waals surface area contributed by atoms with Crippen molar-refractivity contribution in [2.24, 2.45) is 0 Å². The molecule has 0 saturated heterocycles. The van der Waals surface area contributed by atoms with E-state index in [2.05, 4.69) is 43.3 Å². The molecule has 0 fully saturated rings. The fourth-order valence-corrected chi connectivity index (χ4v) is 2.43. The summed E-state index contributed by atoms with van der Waals surface area (Å²) in [5, 5.41) is 0. The molecule has 0 N–H and O–H groups in total. The SMILES string of the molecule is CN(C)C1CCCCc2ccccc21.Cl. The van der Waals surface area contributed by atoms with Crippen molar-refractivity contribution < 1.29 is 0 Å². The third kappa shape index (κ3) is 2.73. The van der Waals surface area contributed by atoms with E-state index in [9.17, 15) is 0 Å². The summed E-state index contributed by atoms with van der Waals surface area (Å²) < 4.78 is 0. The fraction of sp³-hybridized carbons (Fsp3) is 0.538. The minimum atomic E-state index is 0. The van der Waals surface area contributed by atoms with E-state index in [0.29, 0.717) is 6.04 Å². The van der Waals surface area contributed by atoms with Crippen LogP contribution in [0.15, 0.2) is 24.3 Å². The molecule has 84 valence electrons. The summed E-state index contributed by atoms with van der Waals surface area (Å²) in [7, 11) is 4.37. The van der Waals surface area contributed by atoms with E-state index >= 15 is 0 Å². The van der Waals surface area contributed by atoms with Gasteiger partial charge >= 0.3 is 0 Å². The molecule has 1 atom stereocenters. The van der Waals surface area contributed by atoms with Crippen molar-refractivity contribution in [1.29, 1.82) is 0 Å². The highest BCUT2D eigenvalue weighted by atomic mass is 35.5. The first kappa shape index (κ1) is 12.5. The number of hydrogen-bond acceptors (Lipinski definition) is 1. The zero-order chi connectivity index (χ0) is 9.97. The summed E-state index contributed by atoms with van der Waals surface area (Å²) in [5.74, 6) is 0. The topological polar surface area (TPSA) is 3.24 Å². The Morgan fingerprint density at radius 2 is 1.87 bits per heavy atom. The molecule has 2 rings (SSSR count). The monoisotopic (exact) mass is 225 g/mol. The number of nitrogens with zero attached hydrogens (tertiary/aromatic N) is 1. The molecule has 1 aromatic carbocycles. The van der Waals surface area contributed by atoms with E-state index in [1.54, 1.807) is 11.1 Å². The molecule has 0 aliphatic heterocycles. The van der Waals surface area contributed by atoms with Crippen molar-refractivity contribution in [3.63, 3.8) is 0 Å². The summed E-state index contributed by atoms with van der Waals surface area (Å²) in [4.78, 5) is 2.35. The van der Waals surface area contributed by atoms with Crippen molar-refractivity contribution in [3.05, 3.63) is 35.4 Å². The highest BCUT2D eigenvalue weighted by Crippen LogP contribution is 2.31. The lowest BCUT2D eigenvalue weighted by molar-refractivity contribution is 0.282. The number of aryl methyl sites for hydroxylation is 1.